The topological polar surface area (TPSA) is 65.0 Å². The van der Waals surface area contributed by atoms with E-state index in [1.165, 1.54) is 25.7 Å². The fraction of sp³-hybridized carbons (Fsp3) is 0.952. The van der Waals surface area contributed by atoms with Gasteiger partial charge in [-0.3, -0.25) is 4.79 Å². The van der Waals surface area contributed by atoms with E-state index in [1.54, 1.807) is 14.2 Å². The number of unbranched alkanes of at least 4 members (excludes halogenated alkanes) is 4. The van der Waals surface area contributed by atoms with Crippen molar-refractivity contribution >= 4 is 5.97 Å². The van der Waals surface area contributed by atoms with E-state index in [2.05, 4.69) is 6.92 Å². The second-order valence-electron chi connectivity index (χ2n) is 7.22. The number of carboxylic acid groups (broad SMARTS) is 1. The lowest BCUT2D eigenvalue weighted by atomic mass is 9.99. The second kappa shape index (κ2) is 17.7. The van der Waals surface area contributed by atoms with Gasteiger partial charge in [-0.15, -0.1) is 0 Å². The van der Waals surface area contributed by atoms with E-state index >= 15 is 0 Å². The third-order valence-electron chi connectivity index (χ3n) is 5.17. The van der Waals surface area contributed by atoms with Gasteiger partial charge in [0.1, 0.15) is 0 Å². The third kappa shape index (κ3) is 14.5. The smallest absolute Gasteiger partial charge is 0.303 e. The largest absolute Gasteiger partial charge is 0.481 e. The minimum absolute atomic E-state index is 0.189. The summed E-state index contributed by atoms with van der Waals surface area (Å²) in [7, 11) is 5.33. The monoisotopic (exact) mass is 374 g/mol. The van der Waals surface area contributed by atoms with Crippen LogP contribution in [0.25, 0.3) is 0 Å². The zero-order valence-corrected chi connectivity index (χ0v) is 17.5. The second-order valence-corrected chi connectivity index (χ2v) is 7.22. The Balaban J connectivity index is 4.00. The highest BCUT2D eigenvalue weighted by Gasteiger charge is 2.16. The molecule has 0 aromatic heterocycles. The number of carboxylic acids is 1. The van der Waals surface area contributed by atoms with Gasteiger partial charge in [0.25, 0.3) is 0 Å². The minimum atomic E-state index is -0.721. The van der Waals surface area contributed by atoms with Crippen molar-refractivity contribution in [1.29, 1.82) is 0 Å². The Labute approximate surface area is 160 Å². The summed E-state index contributed by atoms with van der Waals surface area (Å²) >= 11 is 0. The summed E-state index contributed by atoms with van der Waals surface area (Å²) in [5.74, 6) is -0.721. The van der Waals surface area contributed by atoms with E-state index in [4.69, 9.17) is 19.3 Å². The summed E-state index contributed by atoms with van der Waals surface area (Å²) in [5.41, 5.74) is 0. The lowest BCUT2D eigenvalue weighted by Gasteiger charge is -2.22. The molecule has 0 radical (unpaired) electrons. The molecule has 0 rings (SSSR count). The molecule has 0 heterocycles. The first kappa shape index (κ1) is 25.4. The molecule has 0 fully saturated rings. The zero-order valence-electron chi connectivity index (χ0n) is 17.5. The predicted octanol–water partition coefficient (Wildman–Crippen LogP) is 5.21. The highest BCUT2D eigenvalue weighted by Crippen LogP contribution is 2.19. The van der Waals surface area contributed by atoms with Gasteiger partial charge in [0.15, 0.2) is 0 Å². The van der Waals surface area contributed by atoms with Gasteiger partial charge in [0, 0.05) is 27.8 Å². The van der Waals surface area contributed by atoms with Crippen LogP contribution in [0.5, 0.6) is 0 Å². The van der Waals surface area contributed by atoms with Crippen molar-refractivity contribution in [3.8, 4) is 0 Å². The maximum Gasteiger partial charge on any atom is 0.303 e. The Morgan fingerprint density at radius 2 is 1.12 bits per heavy atom. The lowest BCUT2D eigenvalue weighted by Crippen LogP contribution is -2.20. The molecule has 0 saturated heterocycles. The van der Waals surface area contributed by atoms with Crippen LogP contribution in [0.4, 0.5) is 0 Å². The average molecular weight is 375 g/mol. The van der Waals surface area contributed by atoms with E-state index in [0.717, 1.165) is 51.4 Å². The van der Waals surface area contributed by atoms with Crippen molar-refractivity contribution in [3.63, 3.8) is 0 Å². The summed E-state index contributed by atoms with van der Waals surface area (Å²) < 4.78 is 16.8. The van der Waals surface area contributed by atoms with Crippen LogP contribution in [0, 0.1) is 0 Å². The maximum absolute atomic E-state index is 10.6. The Morgan fingerprint density at radius 3 is 1.50 bits per heavy atom. The van der Waals surface area contributed by atoms with E-state index in [-0.39, 0.29) is 18.6 Å². The van der Waals surface area contributed by atoms with Crippen molar-refractivity contribution in [3.05, 3.63) is 0 Å². The highest BCUT2D eigenvalue weighted by molar-refractivity contribution is 5.66. The number of aliphatic carboxylic acids is 1. The molecule has 0 saturated carbocycles. The maximum atomic E-state index is 10.6. The van der Waals surface area contributed by atoms with Crippen LogP contribution in [0.1, 0.15) is 90.4 Å². The molecule has 0 amide bonds. The van der Waals surface area contributed by atoms with Gasteiger partial charge in [-0.05, 0) is 44.9 Å². The fourth-order valence-electron chi connectivity index (χ4n) is 3.33. The van der Waals surface area contributed by atoms with Crippen LogP contribution in [0.15, 0.2) is 0 Å². The lowest BCUT2D eigenvalue weighted by molar-refractivity contribution is -0.137. The average Bonchev–Trinajstić information content (AvgIpc) is 2.64. The van der Waals surface area contributed by atoms with E-state index in [0.29, 0.717) is 6.10 Å². The number of carbonyl (C=O) groups is 1. The Bertz CT molecular complexity index is 322. The summed E-state index contributed by atoms with van der Waals surface area (Å²) in [6.45, 7) is 2.23. The first-order chi connectivity index (χ1) is 12.6. The van der Waals surface area contributed by atoms with Crippen LogP contribution in [0.2, 0.25) is 0 Å². The molecule has 0 aliphatic carbocycles. The normalized spacial score (nSPS) is 14.9. The molecular formula is C21H42O5. The minimum Gasteiger partial charge on any atom is -0.481 e. The molecule has 156 valence electrons. The van der Waals surface area contributed by atoms with E-state index in [1.807, 2.05) is 7.11 Å². The van der Waals surface area contributed by atoms with Crippen molar-refractivity contribution in [2.75, 3.05) is 21.3 Å². The number of ether oxygens (including phenoxy) is 3. The number of methoxy groups -OCH3 is 3. The first-order valence-electron chi connectivity index (χ1n) is 10.4. The summed E-state index contributed by atoms with van der Waals surface area (Å²) in [6.07, 6.45) is 13.8. The molecule has 3 unspecified atom stereocenters. The fourth-order valence-corrected chi connectivity index (χ4v) is 3.33. The SMILES string of the molecule is CCCCCCC(CCC(CCC(CCCCC(=O)O)OC)OC)OC. The molecule has 5 nitrogen and oxygen atoms in total. The van der Waals surface area contributed by atoms with Gasteiger partial charge in [-0.2, -0.15) is 0 Å². The van der Waals surface area contributed by atoms with Crippen molar-refractivity contribution in [2.24, 2.45) is 0 Å². The quantitative estimate of drug-likeness (QED) is 0.315. The molecule has 0 aliphatic rings. The molecule has 0 aromatic carbocycles. The molecular weight excluding hydrogens is 332 g/mol. The van der Waals surface area contributed by atoms with Crippen LogP contribution in [-0.2, 0) is 19.0 Å². The Kier molecular flexibility index (Phi) is 17.3. The van der Waals surface area contributed by atoms with Crippen LogP contribution < -0.4 is 0 Å². The molecule has 0 bridgehead atoms. The van der Waals surface area contributed by atoms with Gasteiger partial charge < -0.3 is 19.3 Å². The molecule has 26 heavy (non-hydrogen) atoms. The highest BCUT2D eigenvalue weighted by atomic mass is 16.5. The van der Waals surface area contributed by atoms with E-state index < -0.39 is 5.97 Å². The summed E-state index contributed by atoms with van der Waals surface area (Å²) in [5, 5.41) is 8.69. The Morgan fingerprint density at radius 1 is 0.692 bits per heavy atom. The molecule has 5 heteroatoms. The van der Waals surface area contributed by atoms with Crippen molar-refractivity contribution in [2.45, 2.75) is 109 Å². The van der Waals surface area contributed by atoms with Crippen LogP contribution in [-0.4, -0.2) is 50.7 Å². The standard InChI is InChI=1S/C21H42O5/c1-5-6-7-8-11-18(24-2)14-16-20(26-4)17-15-19(25-3)12-9-10-13-21(22)23/h18-20H,5-17H2,1-4H3,(H,22,23). The number of hydrogen-bond acceptors (Lipinski definition) is 4. The number of hydrogen-bond donors (Lipinski definition) is 1. The third-order valence-corrected chi connectivity index (χ3v) is 5.17. The Hall–Kier alpha value is -0.650. The van der Waals surface area contributed by atoms with Gasteiger partial charge in [0.2, 0.25) is 0 Å². The summed E-state index contributed by atoms with van der Waals surface area (Å²) in [6, 6.07) is 0. The van der Waals surface area contributed by atoms with Gasteiger partial charge in [0.05, 0.1) is 18.3 Å². The first-order valence-corrected chi connectivity index (χ1v) is 10.4. The molecule has 0 aromatic rings. The molecule has 1 N–H and O–H groups in total. The summed E-state index contributed by atoms with van der Waals surface area (Å²) in [4.78, 5) is 10.6. The molecule has 3 atom stereocenters. The van der Waals surface area contributed by atoms with Gasteiger partial charge >= 0.3 is 5.97 Å². The van der Waals surface area contributed by atoms with Gasteiger partial charge in [-0.1, -0.05) is 39.0 Å². The van der Waals surface area contributed by atoms with Gasteiger partial charge in [-0.25, -0.2) is 0 Å². The van der Waals surface area contributed by atoms with E-state index in [9.17, 15) is 4.79 Å². The van der Waals surface area contributed by atoms with Crippen LogP contribution in [0.3, 0.4) is 0 Å². The van der Waals surface area contributed by atoms with Crippen LogP contribution >= 0.6 is 0 Å². The zero-order chi connectivity index (χ0) is 19.6. The van der Waals surface area contributed by atoms with Crippen molar-refractivity contribution in [1.82, 2.24) is 0 Å². The molecule has 0 spiro atoms. The number of rotatable bonds is 19. The molecule has 0 aliphatic heterocycles. The predicted molar refractivity (Wildman–Crippen MR) is 106 cm³/mol. The van der Waals surface area contributed by atoms with Crippen molar-refractivity contribution < 1.29 is 24.1 Å².